The standard InChI is InChI=1S/C10H13N3O4S2/c1-6(14)13-19(16,17)8-4-2-7(3-5-8)12-10(18)9(11)15/h2-5,10,12,18H,1H3,(H2,11,15)(H,13,14). The summed E-state index contributed by atoms with van der Waals surface area (Å²) in [4.78, 5) is 21.5. The maximum absolute atomic E-state index is 11.6. The third-order valence-electron chi connectivity index (χ3n) is 2.02. The zero-order valence-corrected chi connectivity index (χ0v) is 11.7. The van der Waals surface area contributed by atoms with Gasteiger partial charge in [0.1, 0.15) is 5.37 Å². The van der Waals surface area contributed by atoms with Crippen LogP contribution in [0.2, 0.25) is 0 Å². The van der Waals surface area contributed by atoms with Crippen molar-refractivity contribution in [2.45, 2.75) is 17.2 Å². The SMILES string of the molecule is CC(=O)NS(=O)(=O)c1ccc(NC(S)C(N)=O)cc1. The van der Waals surface area contributed by atoms with Gasteiger partial charge in [0, 0.05) is 12.6 Å². The maximum Gasteiger partial charge on any atom is 0.264 e. The van der Waals surface area contributed by atoms with Gasteiger partial charge in [0.25, 0.3) is 10.0 Å². The third-order valence-corrected chi connectivity index (χ3v) is 3.85. The van der Waals surface area contributed by atoms with E-state index in [1.54, 1.807) is 0 Å². The molecule has 19 heavy (non-hydrogen) atoms. The summed E-state index contributed by atoms with van der Waals surface area (Å²) < 4.78 is 25.1. The van der Waals surface area contributed by atoms with Gasteiger partial charge in [0.2, 0.25) is 11.8 Å². The fourth-order valence-corrected chi connectivity index (χ4v) is 2.35. The number of primary amides is 1. The fraction of sp³-hybridized carbons (Fsp3) is 0.200. The third kappa shape index (κ3) is 4.45. The zero-order valence-electron chi connectivity index (χ0n) is 9.95. The number of sulfonamides is 1. The lowest BCUT2D eigenvalue weighted by atomic mass is 10.3. The molecule has 0 aliphatic heterocycles. The van der Waals surface area contributed by atoms with Gasteiger partial charge in [-0.25, -0.2) is 13.1 Å². The minimum Gasteiger partial charge on any atom is -0.367 e. The first-order valence-corrected chi connectivity index (χ1v) is 7.09. The predicted octanol–water partition coefficient (Wildman–Crippen LogP) is -0.335. The van der Waals surface area contributed by atoms with Crippen LogP contribution in [0.15, 0.2) is 29.2 Å². The van der Waals surface area contributed by atoms with E-state index in [-0.39, 0.29) is 4.90 Å². The van der Waals surface area contributed by atoms with Gasteiger partial charge >= 0.3 is 0 Å². The molecular weight excluding hydrogens is 290 g/mol. The topological polar surface area (TPSA) is 118 Å². The van der Waals surface area contributed by atoms with Gasteiger partial charge in [-0.2, -0.15) is 0 Å². The average molecular weight is 303 g/mol. The number of hydrogen-bond acceptors (Lipinski definition) is 6. The van der Waals surface area contributed by atoms with E-state index in [2.05, 4.69) is 17.9 Å². The molecule has 0 fully saturated rings. The van der Waals surface area contributed by atoms with E-state index in [0.29, 0.717) is 5.69 Å². The lowest BCUT2D eigenvalue weighted by Crippen LogP contribution is -2.30. The molecule has 0 heterocycles. The Morgan fingerprint density at radius 2 is 1.79 bits per heavy atom. The summed E-state index contributed by atoms with van der Waals surface area (Å²) >= 11 is 3.90. The molecule has 0 aliphatic carbocycles. The highest BCUT2D eigenvalue weighted by Gasteiger charge is 2.15. The summed E-state index contributed by atoms with van der Waals surface area (Å²) in [5.41, 5.74) is 5.49. The van der Waals surface area contributed by atoms with Crippen LogP contribution in [0.25, 0.3) is 0 Å². The number of hydrogen-bond donors (Lipinski definition) is 4. The van der Waals surface area contributed by atoms with E-state index in [4.69, 9.17) is 5.73 Å². The molecule has 1 aromatic rings. The van der Waals surface area contributed by atoms with Crippen LogP contribution in [0.5, 0.6) is 0 Å². The molecule has 9 heteroatoms. The molecule has 1 unspecified atom stereocenters. The second-order valence-electron chi connectivity index (χ2n) is 3.64. The van der Waals surface area contributed by atoms with Crippen molar-refractivity contribution in [3.63, 3.8) is 0 Å². The average Bonchev–Trinajstić information content (AvgIpc) is 2.27. The summed E-state index contributed by atoms with van der Waals surface area (Å²) in [5, 5.41) is 1.79. The minimum absolute atomic E-state index is 0.0666. The summed E-state index contributed by atoms with van der Waals surface area (Å²) in [7, 11) is -3.86. The fourth-order valence-electron chi connectivity index (χ4n) is 1.21. The highest BCUT2D eigenvalue weighted by molar-refractivity contribution is 7.90. The van der Waals surface area contributed by atoms with Crippen LogP contribution in [0, 0.1) is 0 Å². The number of carbonyl (C=O) groups is 2. The monoisotopic (exact) mass is 303 g/mol. The Balaban J connectivity index is 2.88. The first-order chi connectivity index (χ1) is 8.72. The quantitative estimate of drug-likeness (QED) is 0.438. The second-order valence-corrected chi connectivity index (χ2v) is 5.83. The van der Waals surface area contributed by atoms with Crippen molar-refractivity contribution in [2.24, 2.45) is 5.73 Å². The normalized spacial score (nSPS) is 12.5. The van der Waals surface area contributed by atoms with Crippen molar-refractivity contribution >= 4 is 40.2 Å². The predicted molar refractivity (Wildman–Crippen MR) is 73.0 cm³/mol. The number of amides is 2. The van der Waals surface area contributed by atoms with Gasteiger partial charge in [-0.1, -0.05) is 0 Å². The lowest BCUT2D eigenvalue weighted by Gasteiger charge is -2.11. The van der Waals surface area contributed by atoms with E-state index in [1.165, 1.54) is 24.3 Å². The first-order valence-electron chi connectivity index (χ1n) is 5.10. The van der Waals surface area contributed by atoms with Crippen molar-refractivity contribution < 1.29 is 18.0 Å². The number of thiol groups is 1. The van der Waals surface area contributed by atoms with Crippen LogP contribution in [0.3, 0.4) is 0 Å². The van der Waals surface area contributed by atoms with Crippen LogP contribution in [-0.2, 0) is 19.6 Å². The van der Waals surface area contributed by atoms with Crippen molar-refractivity contribution in [1.82, 2.24) is 4.72 Å². The van der Waals surface area contributed by atoms with E-state index in [0.717, 1.165) is 6.92 Å². The smallest absolute Gasteiger partial charge is 0.264 e. The zero-order chi connectivity index (χ0) is 14.6. The molecule has 4 N–H and O–H groups in total. The summed E-state index contributed by atoms with van der Waals surface area (Å²) in [5.74, 6) is -1.33. The molecule has 0 saturated carbocycles. The van der Waals surface area contributed by atoms with Gasteiger partial charge in [-0.05, 0) is 24.3 Å². The molecule has 104 valence electrons. The van der Waals surface area contributed by atoms with Crippen LogP contribution in [0.1, 0.15) is 6.92 Å². The molecular formula is C10H13N3O4S2. The van der Waals surface area contributed by atoms with Crippen LogP contribution < -0.4 is 15.8 Å². The van der Waals surface area contributed by atoms with Crippen molar-refractivity contribution in [2.75, 3.05) is 5.32 Å². The summed E-state index contributed by atoms with van der Waals surface area (Å²) in [6.07, 6.45) is 0. The van der Waals surface area contributed by atoms with Crippen molar-refractivity contribution in [3.05, 3.63) is 24.3 Å². The van der Waals surface area contributed by atoms with E-state index >= 15 is 0 Å². The van der Waals surface area contributed by atoms with Crippen LogP contribution in [0.4, 0.5) is 5.69 Å². The molecule has 0 bridgehead atoms. The van der Waals surface area contributed by atoms with E-state index in [9.17, 15) is 18.0 Å². The minimum atomic E-state index is -3.86. The van der Waals surface area contributed by atoms with Crippen LogP contribution in [-0.4, -0.2) is 25.6 Å². The van der Waals surface area contributed by atoms with E-state index < -0.39 is 27.2 Å². The molecule has 7 nitrogen and oxygen atoms in total. The largest absolute Gasteiger partial charge is 0.367 e. The molecule has 2 amide bonds. The Kier molecular flexibility index (Phi) is 4.78. The van der Waals surface area contributed by atoms with Gasteiger partial charge in [0.05, 0.1) is 4.90 Å². The highest BCUT2D eigenvalue weighted by atomic mass is 32.2. The molecule has 1 rings (SSSR count). The molecule has 0 radical (unpaired) electrons. The van der Waals surface area contributed by atoms with Gasteiger partial charge in [0.15, 0.2) is 0 Å². The Morgan fingerprint density at radius 3 is 2.21 bits per heavy atom. The maximum atomic E-state index is 11.6. The Labute approximate surface area is 116 Å². The van der Waals surface area contributed by atoms with E-state index in [1.807, 2.05) is 4.72 Å². The molecule has 1 atom stereocenters. The number of anilines is 1. The number of carbonyl (C=O) groups excluding carboxylic acids is 2. The molecule has 0 saturated heterocycles. The number of nitrogens with two attached hydrogens (primary N) is 1. The highest BCUT2D eigenvalue weighted by Crippen LogP contribution is 2.15. The van der Waals surface area contributed by atoms with Gasteiger partial charge in [-0.3, -0.25) is 9.59 Å². The second kappa shape index (κ2) is 5.93. The molecule has 0 spiro atoms. The van der Waals surface area contributed by atoms with Crippen molar-refractivity contribution in [3.8, 4) is 0 Å². The van der Waals surface area contributed by atoms with Crippen molar-refractivity contribution in [1.29, 1.82) is 0 Å². The molecule has 1 aromatic carbocycles. The van der Waals surface area contributed by atoms with Gasteiger partial charge < -0.3 is 11.1 Å². The number of nitrogens with one attached hydrogen (secondary N) is 2. The summed E-state index contributed by atoms with van der Waals surface area (Å²) in [6.45, 7) is 1.10. The van der Waals surface area contributed by atoms with Gasteiger partial charge in [-0.15, -0.1) is 12.6 Å². The Hall–Kier alpha value is -1.74. The Bertz CT molecular complexity index is 583. The first kappa shape index (κ1) is 15.3. The molecule has 0 aromatic heterocycles. The molecule has 0 aliphatic rings. The number of rotatable bonds is 5. The Morgan fingerprint density at radius 1 is 1.26 bits per heavy atom. The number of benzene rings is 1. The lowest BCUT2D eigenvalue weighted by molar-refractivity contribution is -0.118. The summed E-state index contributed by atoms with van der Waals surface area (Å²) in [6, 6.07) is 5.44. The van der Waals surface area contributed by atoms with Crippen LogP contribution >= 0.6 is 12.6 Å².